The number of nitrogens with zero attached hydrogens (tertiary/aromatic N) is 1. The lowest BCUT2D eigenvalue weighted by atomic mass is 10.2. The van der Waals surface area contributed by atoms with E-state index < -0.39 is 0 Å². The molecule has 1 aromatic rings. The van der Waals surface area contributed by atoms with Crippen molar-refractivity contribution >= 4 is 40.2 Å². The van der Waals surface area contributed by atoms with E-state index in [2.05, 4.69) is 5.32 Å². The molecule has 2 rings (SSSR count). The van der Waals surface area contributed by atoms with Gasteiger partial charge in [-0.05, 0) is 24.6 Å². The first-order valence-corrected chi connectivity index (χ1v) is 6.91. The highest BCUT2D eigenvalue weighted by molar-refractivity contribution is 8.13. The van der Waals surface area contributed by atoms with Gasteiger partial charge in [0.15, 0.2) is 0 Å². The van der Waals surface area contributed by atoms with Gasteiger partial charge >= 0.3 is 0 Å². The van der Waals surface area contributed by atoms with E-state index >= 15 is 0 Å². The molecular formula is C12H13ClN2O2S. The Morgan fingerprint density at radius 1 is 1.56 bits per heavy atom. The van der Waals surface area contributed by atoms with Gasteiger partial charge in [-0.25, -0.2) is 0 Å². The maximum absolute atomic E-state index is 11.8. The molecule has 1 fully saturated rings. The molecular weight excluding hydrogens is 272 g/mol. The number of hydrogen-bond donors (Lipinski definition) is 1. The minimum atomic E-state index is -0.198. The van der Waals surface area contributed by atoms with Crippen molar-refractivity contribution in [2.45, 2.75) is 6.92 Å². The molecule has 0 bridgehead atoms. The summed E-state index contributed by atoms with van der Waals surface area (Å²) in [5.41, 5.74) is 1.52. The number of rotatable bonds is 3. The van der Waals surface area contributed by atoms with Crippen molar-refractivity contribution in [1.29, 1.82) is 0 Å². The zero-order valence-electron chi connectivity index (χ0n) is 9.90. The summed E-state index contributed by atoms with van der Waals surface area (Å²) in [5.74, 6) is 0.554. The predicted octanol–water partition coefficient (Wildman–Crippen LogP) is 2.76. The van der Waals surface area contributed by atoms with Crippen LogP contribution in [0.25, 0.3) is 0 Å². The number of carbonyl (C=O) groups excluding carboxylic acids is 2. The van der Waals surface area contributed by atoms with E-state index in [0.717, 1.165) is 11.3 Å². The minimum Gasteiger partial charge on any atom is -0.324 e. The van der Waals surface area contributed by atoms with Crippen molar-refractivity contribution in [1.82, 2.24) is 4.90 Å². The van der Waals surface area contributed by atoms with E-state index in [4.69, 9.17) is 11.6 Å². The van der Waals surface area contributed by atoms with Gasteiger partial charge in [-0.15, -0.1) is 0 Å². The van der Waals surface area contributed by atoms with Gasteiger partial charge in [-0.2, -0.15) is 0 Å². The molecule has 0 saturated carbocycles. The minimum absolute atomic E-state index is 0.0343. The van der Waals surface area contributed by atoms with Crippen LogP contribution in [0, 0.1) is 6.92 Å². The molecule has 1 aromatic carbocycles. The number of anilines is 1. The van der Waals surface area contributed by atoms with Gasteiger partial charge in [0.1, 0.15) is 6.54 Å². The molecule has 96 valence electrons. The Bertz CT molecular complexity index is 493. The summed E-state index contributed by atoms with van der Waals surface area (Å²) >= 11 is 7.22. The molecule has 1 saturated heterocycles. The lowest BCUT2D eigenvalue weighted by molar-refractivity contribution is -0.116. The van der Waals surface area contributed by atoms with Crippen LogP contribution >= 0.6 is 23.4 Å². The van der Waals surface area contributed by atoms with Gasteiger partial charge < -0.3 is 10.2 Å². The summed E-state index contributed by atoms with van der Waals surface area (Å²) in [6.45, 7) is 2.57. The van der Waals surface area contributed by atoms with E-state index in [-0.39, 0.29) is 17.7 Å². The molecule has 0 spiro atoms. The van der Waals surface area contributed by atoms with Gasteiger partial charge in [0.25, 0.3) is 5.24 Å². The summed E-state index contributed by atoms with van der Waals surface area (Å²) in [7, 11) is 0. The van der Waals surface area contributed by atoms with Gasteiger partial charge in [0.2, 0.25) is 5.91 Å². The van der Waals surface area contributed by atoms with Gasteiger partial charge in [-0.1, -0.05) is 29.4 Å². The summed E-state index contributed by atoms with van der Waals surface area (Å²) in [5, 5.41) is 3.35. The molecule has 0 radical (unpaired) electrons. The topological polar surface area (TPSA) is 49.4 Å². The fourth-order valence-corrected chi connectivity index (χ4v) is 2.67. The third-order valence-corrected chi connectivity index (χ3v) is 4.02. The number of nitrogens with one attached hydrogen (secondary N) is 1. The van der Waals surface area contributed by atoms with Gasteiger partial charge in [0.05, 0.1) is 0 Å². The summed E-state index contributed by atoms with van der Waals surface area (Å²) < 4.78 is 0. The van der Waals surface area contributed by atoms with E-state index in [1.807, 2.05) is 6.92 Å². The second-order valence-electron chi connectivity index (χ2n) is 4.00. The van der Waals surface area contributed by atoms with Crippen molar-refractivity contribution in [2.24, 2.45) is 0 Å². The Kier molecular flexibility index (Phi) is 4.14. The van der Waals surface area contributed by atoms with Crippen LogP contribution in [-0.4, -0.2) is 34.9 Å². The van der Waals surface area contributed by atoms with Crippen molar-refractivity contribution in [3.05, 3.63) is 28.8 Å². The lowest BCUT2D eigenvalue weighted by Crippen LogP contribution is -2.33. The monoisotopic (exact) mass is 284 g/mol. The number of halogens is 1. The second kappa shape index (κ2) is 5.63. The lowest BCUT2D eigenvalue weighted by Gasteiger charge is -2.15. The van der Waals surface area contributed by atoms with Crippen LogP contribution in [0.3, 0.4) is 0 Å². The number of thioether (sulfide) groups is 1. The molecule has 1 aliphatic heterocycles. The van der Waals surface area contributed by atoms with Crippen molar-refractivity contribution in [2.75, 3.05) is 24.2 Å². The fourth-order valence-electron chi connectivity index (χ4n) is 1.68. The third-order valence-electron chi connectivity index (χ3n) is 2.72. The Morgan fingerprint density at radius 3 is 3.00 bits per heavy atom. The van der Waals surface area contributed by atoms with Crippen molar-refractivity contribution < 1.29 is 9.59 Å². The predicted molar refractivity (Wildman–Crippen MR) is 74.2 cm³/mol. The fraction of sp³-hybridized carbons (Fsp3) is 0.333. The van der Waals surface area contributed by atoms with E-state index in [0.29, 0.717) is 17.3 Å². The number of hydrogen-bond acceptors (Lipinski definition) is 3. The first-order chi connectivity index (χ1) is 8.58. The molecule has 0 aliphatic carbocycles. The van der Waals surface area contributed by atoms with Crippen molar-refractivity contribution in [3.8, 4) is 0 Å². The largest absolute Gasteiger partial charge is 0.324 e. The third kappa shape index (κ3) is 2.97. The average molecular weight is 285 g/mol. The van der Waals surface area contributed by atoms with Crippen LogP contribution in [-0.2, 0) is 4.79 Å². The molecule has 1 N–H and O–H groups in total. The molecule has 6 heteroatoms. The SMILES string of the molecule is Cc1c(Cl)cccc1NC(=O)CN1CCSC1=O. The van der Waals surface area contributed by atoms with E-state index in [9.17, 15) is 9.59 Å². The normalized spacial score (nSPS) is 15.0. The summed E-state index contributed by atoms with van der Waals surface area (Å²) in [6.07, 6.45) is 0. The Morgan fingerprint density at radius 2 is 2.33 bits per heavy atom. The number of benzene rings is 1. The van der Waals surface area contributed by atoms with Gasteiger partial charge in [-0.3, -0.25) is 9.59 Å². The van der Waals surface area contributed by atoms with Gasteiger partial charge in [0, 0.05) is 23.0 Å². The maximum Gasteiger partial charge on any atom is 0.282 e. The Hall–Kier alpha value is -1.20. The van der Waals surface area contributed by atoms with Crippen LogP contribution < -0.4 is 5.32 Å². The molecule has 0 atom stereocenters. The Labute approximate surface area is 115 Å². The highest BCUT2D eigenvalue weighted by atomic mass is 35.5. The quantitative estimate of drug-likeness (QED) is 0.928. The molecule has 1 heterocycles. The number of amides is 2. The molecule has 0 aromatic heterocycles. The van der Waals surface area contributed by atoms with Crippen LogP contribution in [0.15, 0.2) is 18.2 Å². The first kappa shape index (κ1) is 13.2. The van der Waals surface area contributed by atoms with Crippen molar-refractivity contribution in [3.63, 3.8) is 0 Å². The van der Waals surface area contributed by atoms with E-state index in [1.54, 1.807) is 23.1 Å². The van der Waals surface area contributed by atoms with E-state index in [1.165, 1.54) is 11.8 Å². The van der Waals surface area contributed by atoms with Crippen LogP contribution in [0.5, 0.6) is 0 Å². The maximum atomic E-state index is 11.8. The Balaban J connectivity index is 1.99. The average Bonchev–Trinajstić information content (AvgIpc) is 2.71. The van der Waals surface area contributed by atoms with Crippen LogP contribution in [0.1, 0.15) is 5.56 Å². The zero-order valence-corrected chi connectivity index (χ0v) is 11.5. The van der Waals surface area contributed by atoms with Crippen LogP contribution in [0.2, 0.25) is 5.02 Å². The second-order valence-corrected chi connectivity index (χ2v) is 5.45. The summed E-state index contributed by atoms with van der Waals surface area (Å²) in [4.78, 5) is 24.7. The summed E-state index contributed by atoms with van der Waals surface area (Å²) in [6, 6.07) is 5.34. The highest BCUT2D eigenvalue weighted by Crippen LogP contribution is 2.23. The first-order valence-electron chi connectivity index (χ1n) is 5.54. The molecule has 1 aliphatic rings. The standard InChI is InChI=1S/C12H13ClN2O2S/c1-8-9(13)3-2-4-10(8)14-11(16)7-15-5-6-18-12(15)17/h2-4H,5-7H2,1H3,(H,14,16). The zero-order chi connectivity index (χ0) is 13.1. The number of carbonyl (C=O) groups is 2. The molecule has 0 unspecified atom stereocenters. The molecule has 18 heavy (non-hydrogen) atoms. The van der Waals surface area contributed by atoms with Crippen LogP contribution in [0.4, 0.5) is 10.5 Å². The molecule has 4 nitrogen and oxygen atoms in total. The molecule has 2 amide bonds. The smallest absolute Gasteiger partial charge is 0.282 e. The highest BCUT2D eigenvalue weighted by Gasteiger charge is 2.23.